The predicted molar refractivity (Wildman–Crippen MR) is 47.2 cm³/mol. The summed E-state index contributed by atoms with van der Waals surface area (Å²) in [6.07, 6.45) is 5.69. The van der Waals surface area contributed by atoms with Gasteiger partial charge in [0.25, 0.3) is 0 Å². The van der Waals surface area contributed by atoms with Gasteiger partial charge in [-0.3, -0.25) is 4.79 Å². The van der Waals surface area contributed by atoms with E-state index in [2.05, 4.69) is 6.92 Å². The van der Waals surface area contributed by atoms with Gasteiger partial charge in [-0.25, -0.2) is 0 Å². The zero-order valence-corrected chi connectivity index (χ0v) is 7.41. The average Bonchev–Trinajstić information content (AvgIpc) is 1.89. The van der Waals surface area contributed by atoms with Crippen LogP contribution >= 0.6 is 11.8 Å². The number of hydrogen-bond acceptors (Lipinski definition) is 2. The van der Waals surface area contributed by atoms with Crippen molar-refractivity contribution in [1.29, 1.82) is 0 Å². The second-order valence-corrected chi connectivity index (χ2v) is 3.12. The normalized spacial score (nSPS) is 10.6. The van der Waals surface area contributed by atoms with Gasteiger partial charge < -0.3 is 0 Å². The number of rotatable bonds is 4. The van der Waals surface area contributed by atoms with E-state index in [4.69, 9.17) is 0 Å². The Morgan fingerprint density at radius 3 is 2.80 bits per heavy atom. The van der Waals surface area contributed by atoms with Crippen molar-refractivity contribution in [2.75, 3.05) is 5.75 Å². The van der Waals surface area contributed by atoms with Gasteiger partial charge in [0.2, 0.25) is 5.12 Å². The van der Waals surface area contributed by atoms with Gasteiger partial charge in [0.15, 0.2) is 0 Å². The smallest absolute Gasteiger partial charge is 0.211 e. The van der Waals surface area contributed by atoms with Crippen LogP contribution in [-0.2, 0) is 4.79 Å². The van der Waals surface area contributed by atoms with Gasteiger partial charge in [-0.05, 0) is 19.4 Å². The quantitative estimate of drug-likeness (QED) is 0.462. The third-order valence-corrected chi connectivity index (χ3v) is 1.96. The van der Waals surface area contributed by atoms with E-state index in [1.165, 1.54) is 11.8 Å². The van der Waals surface area contributed by atoms with Gasteiger partial charge in [-0.1, -0.05) is 31.2 Å². The van der Waals surface area contributed by atoms with E-state index in [-0.39, 0.29) is 5.12 Å². The highest BCUT2D eigenvalue weighted by Crippen LogP contribution is 2.05. The number of unbranched alkanes of at least 4 members (excludes halogenated alkanes) is 1. The molecular formula is C8H14OS. The maximum atomic E-state index is 10.8. The molecule has 0 aliphatic heterocycles. The molecule has 0 unspecified atom stereocenters. The molecule has 10 heavy (non-hydrogen) atoms. The van der Waals surface area contributed by atoms with Crippen molar-refractivity contribution in [1.82, 2.24) is 0 Å². The zero-order valence-electron chi connectivity index (χ0n) is 6.59. The molecule has 0 spiro atoms. The number of allylic oxidation sites excluding steroid dienone is 1. The molecule has 0 amide bonds. The lowest BCUT2D eigenvalue weighted by Gasteiger charge is -1.92. The fraction of sp³-hybridized carbons (Fsp3) is 0.625. The minimum atomic E-state index is 0.177. The molecule has 0 aromatic heterocycles. The molecule has 0 aliphatic carbocycles. The molecule has 0 radical (unpaired) electrons. The fourth-order valence-corrected chi connectivity index (χ4v) is 1.37. The Bertz CT molecular complexity index is 118. The summed E-state index contributed by atoms with van der Waals surface area (Å²) in [5.74, 6) is 0.958. The third-order valence-electron chi connectivity index (χ3n) is 1.04. The molecule has 2 heteroatoms. The van der Waals surface area contributed by atoms with Crippen molar-refractivity contribution in [2.45, 2.75) is 26.7 Å². The van der Waals surface area contributed by atoms with E-state index in [0.29, 0.717) is 0 Å². The van der Waals surface area contributed by atoms with Crippen LogP contribution in [0.3, 0.4) is 0 Å². The van der Waals surface area contributed by atoms with E-state index in [0.717, 1.165) is 18.6 Å². The predicted octanol–water partition coefficient (Wildman–Crippen LogP) is 2.62. The maximum absolute atomic E-state index is 10.8. The molecule has 0 rings (SSSR count). The van der Waals surface area contributed by atoms with Crippen LogP contribution in [0, 0.1) is 0 Å². The highest BCUT2D eigenvalue weighted by molar-refractivity contribution is 8.14. The molecule has 0 saturated heterocycles. The number of thioether (sulfide) groups is 1. The van der Waals surface area contributed by atoms with Gasteiger partial charge in [-0.15, -0.1) is 0 Å². The Morgan fingerprint density at radius 2 is 2.30 bits per heavy atom. The summed E-state index contributed by atoms with van der Waals surface area (Å²) in [5.41, 5.74) is 0. The Kier molecular flexibility index (Phi) is 6.71. The van der Waals surface area contributed by atoms with Crippen LogP contribution in [0.4, 0.5) is 0 Å². The number of carbonyl (C=O) groups excluding carboxylic acids is 1. The highest BCUT2D eigenvalue weighted by Gasteiger charge is 1.93. The van der Waals surface area contributed by atoms with E-state index < -0.39 is 0 Å². The van der Waals surface area contributed by atoms with Crippen LogP contribution in [-0.4, -0.2) is 10.9 Å². The van der Waals surface area contributed by atoms with Crippen molar-refractivity contribution in [2.24, 2.45) is 0 Å². The Hall–Kier alpha value is -0.240. The van der Waals surface area contributed by atoms with Crippen molar-refractivity contribution in [3.63, 3.8) is 0 Å². The minimum Gasteiger partial charge on any atom is -0.282 e. The van der Waals surface area contributed by atoms with E-state index >= 15 is 0 Å². The average molecular weight is 158 g/mol. The summed E-state index contributed by atoms with van der Waals surface area (Å²) in [6.45, 7) is 3.99. The minimum absolute atomic E-state index is 0.177. The van der Waals surface area contributed by atoms with E-state index in [1.807, 2.05) is 6.92 Å². The number of hydrogen-bond donors (Lipinski definition) is 0. The molecule has 0 bridgehead atoms. The molecule has 0 aromatic rings. The monoisotopic (exact) mass is 158 g/mol. The Balaban J connectivity index is 3.22. The lowest BCUT2D eigenvalue weighted by molar-refractivity contribution is -0.107. The third kappa shape index (κ3) is 5.89. The first-order valence-electron chi connectivity index (χ1n) is 3.60. The molecule has 0 saturated carbocycles. The van der Waals surface area contributed by atoms with Crippen LogP contribution in [0.1, 0.15) is 26.7 Å². The summed E-state index contributed by atoms with van der Waals surface area (Å²) in [6, 6.07) is 0. The summed E-state index contributed by atoms with van der Waals surface area (Å²) in [5, 5.41) is 0.177. The summed E-state index contributed by atoms with van der Waals surface area (Å²) in [7, 11) is 0. The van der Waals surface area contributed by atoms with E-state index in [1.54, 1.807) is 12.2 Å². The summed E-state index contributed by atoms with van der Waals surface area (Å²) in [4.78, 5) is 10.8. The molecule has 0 N–H and O–H groups in total. The lowest BCUT2D eigenvalue weighted by atomic mass is 10.4. The Morgan fingerprint density at radius 1 is 1.60 bits per heavy atom. The second-order valence-electron chi connectivity index (χ2n) is 2.02. The largest absolute Gasteiger partial charge is 0.282 e. The molecule has 0 aromatic carbocycles. The second kappa shape index (κ2) is 6.87. The molecule has 0 aliphatic rings. The number of carbonyl (C=O) groups is 1. The van der Waals surface area contributed by atoms with Crippen molar-refractivity contribution in [3.8, 4) is 0 Å². The summed E-state index contributed by atoms with van der Waals surface area (Å²) < 4.78 is 0. The SMILES string of the molecule is CC=CC(=O)SCCCC. The van der Waals surface area contributed by atoms with Gasteiger partial charge in [0.1, 0.15) is 0 Å². The molecule has 1 nitrogen and oxygen atoms in total. The highest BCUT2D eigenvalue weighted by atomic mass is 32.2. The van der Waals surface area contributed by atoms with Gasteiger partial charge >= 0.3 is 0 Å². The molecule has 0 fully saturated rings. The van der Waals surface area contributed by atoms with Crippen molar-refractivity contribution >= 4 is 16.9 Å². The molecule has 0 heterocycles. The van der Waals surface area contributed by atoms with Crippen molar-refractivity contribution in [3.05, 3.63) is 12.2 Å². The van der Waals surface area contributed by atoms with Crippen LogP contribution in [0.15, 0.2) is 12.2 Å². The Labute approximate surface area is 66.9 Å². The molecule has 58 valence electrons. The zero-order chi connectivity index (χ0) is 7.82. The summed E-state index contributed by atoms with van der Waals surface area (Å²) >= 11 is 1.40. The molecule has 0 atom stereocenters. The van der Waals surface area contributed by atoms with Crippen LogP contribution < -0.4 is 0 Å². The van der Waals surface area contributed by atoms with Gasteiger partial charge in [0.05, 0.1) is 0 Å². The lowest BCUT2D eigenvalue weighted by Crippen LogP contribution is -1.86. The van der Waals surface area contributed by atoms with Crippen molar-refractivity contribution < 1.29 is 4.79 Å². The maximum Gasteiger partial charge on any atom is 0.211 e. The fourth-order valence-electron chi connectivity index (χ4n) is 0.501. The first-order chi connectivity index (χ1) is 4.81. The van der Waals surface area contributed by atoms with Gasteiger partial charge in [-0.2, -0.15) is 0 Å². The van der Waals surface area contributed by atoms with Crippen LogP contribution in [0.25, 0.3) is 0 Å². The van der Waals surface area contributed by atoms with Gasteiger partial charge in [0, 0.05) is 5.75 Å². The van der Waals surface area contributed by atoms with Crippen LogP contribution in [0.5, 0.6) is 0 Å². The van der Waals surface area contributed by atoms with Crippen LogP contribution in [0.2, 0.25) is 0 Å². The van der Waals surface area contributed by atoms with E-state index in [9.17, 15) is 4.79 Å². The standard InChI is InChI=1S/C8H14OS/c1-3-5-7-10-8(9)6-4-2/h4,6H,3,5,7H2,1-2H3. The topological polar surface area (TPSA) is 17.1 Å². The first kappa shape index (κ1) is 9.76. The first-order valence-corrected chi connectivity index (χ1v) is 4.59. The molecular weight excluding hydrogens is 144 g/mol.